The minimum Gasteiger partial charge on any atom is -0.462 e. The van der Waals surface area contributed by atoms with E-state index in [-0.39, 0.29) is 12.2 Å². The van der Waals surface area contributed by atoms with Gasteiger partial charge in [0.05, 0.1) is 37.6 Å². The molecule has 1 aliphatic heterocycles. The van der Waals surface area contributed by atoms with Gasteiger partial charge < -0.3 is 14.0 Å². The lowest BCUT2D eigenvalue weighted by molar-refractivity contribution is 0.0358. The highest BCUT2D eigenvalue weighted by atomic mass is 16.5. The first-order valence-electron chi connectivity index (χ1n) is 9.45. The first kappa shape index (κ1) is 20.0. The molecule has 8 heteroatoms. The van der Waals surface area contributed by atoms with Crippen LogP contribution in [-0.4, -0.2) is 64.7 Å². The Bertz CT molecular complexity index is 909. The minimum absolute atomic E-state index is 0.178. The van der Waals surface area contributed by atoms with Gasteiger partial charge in [-0.25, -0.2) is 9.48 Å². The van der Waals surface area contributed by atoms with Crippen LogP contribution in [0.15, 0.2) is 29.6 Å². The second-order valence-electron chi connectivity index (χ2n) is 6.56. The first-order valence-corrected chi connectivity index (χ1v) is 9.45. The van der Waals surface area contributed by atoms with Crippen LogP contribution in [0.25, 0.3) is 17.6 Å². The lowest BCUT2D eigenvalue weighted by Gasteiger charge is -2.26. The third-order valence-electron chi connectivity index (χ3n) is 4.75. The summed E-state index contributed by atoms with van der Waals surface area (Å²) in [5, 5.41) is 4.52. The van der Waals surface area contributed by atoms with E-state index in [0.717, 1.165) is 18.8 Å². The Labute approximate surface area is 164 Å². The Morgan fingerprint density at radius 3 is 2.75 bits per heavy atom. The highest BCUT2D eigenvalue weighted by Gasteiger charge is 2.22. The molecular weight excluding hydrogens is 360 g/mol. The summed E-state index contributed by atoms with van der Waals surface area (Å²) in [7, 11) is 0. The van der Waals surface area contributed by atoms with Gasteiger partial charge in [-0.2, -0.15) is 5.10 Å². The van der Waals surface area contributed by atoms with Crippen LogP contribution in [0, 0.1) is 6.92 Å². The number of nitrogens with zero attached hydrogens (tertiary/aromatic N) is 4. The molecular formula is C20H26N4O4. The van der Waals surface area contributed by atoms with Crippen molar-refractivity contribution in [3.63, 3.8) is 0 Å². The number of carbonyl (C=O) groups is 1. The second kappa shape index (κ2) is 8.99. The Morgan fingerprint density at radius 1 is 1.32 bits per heavy atom. The molecule has 0 N–H and O–H groups in total. The summed E-state index contributed by atoms with van der Waals surface area (Å²) in [6, 6.07) is 4.86. The van der Waals surface area contributed by atoms with Crippen molar-refractivity contribution in [1.29, 1.82) is 0 Å². The number of hydrogen-bond donors (Lipinski definition) is 0. The topological polar surface area (TPSA) is 78.6 Å². The van der Waals surface area contributed by atoms with Gasteiger partial charge in [-0.15, -0.1) is 0 Å². The molecule has 2 aromatic rings. The number of aromatic nitrogens is 3. The number of ether oxygens (including phenoxy) is 2. The number of morpholine rings is 1. The van der Waals surface area contributed by atoms with Crippen LogP contribution >= 0.6 is 0 Å². The monoisotopic (exact) mass is 386 g/mol. The van der Waals surface area contributed by atoms with E-state index in [1.807, 2.05) is 6.92 Å². The van der Waals surface area contributed by atoms with E-state index in [9.17, 15) is 9.59 Å². The Hall–Kier alpha value is -2.71. The summed E-state index contributed by atoms with van der Waals surface area (Å²) in [5.41, 5.74) is 2.16. The van der Waals surface area contributed by atoms with E-state index in [2.05, 4.69) is 16.6 Å². The van der Waals surface area contributed by atoms with Gasteiger partial charge in [0.15, 0.2) is 0 Å². The Kier molecular flexibility index (Phi) is 6.43. The summed E-state index contributed by atoms with van der Waals surface area (Å²) >= 11 is 0. The zero-order chi connectivity index (χ0) is 20.1. The summed E-state index contributed by atoms with van der Waals surface area (Å²) in [5.74, 6) is -0.422. The van der Waals surface area contributed by atoms with Crippen LogP contribution in [0.5, 0.6) is 0 Å². The molecule has 0 amide bonds. The average Bonchev–Trinajstić information content (AvgIpc) is 3.04. The zero-order valence-corrected chi connectivity index (χ0v) is 16.4. The molecule has 1 saturated heterocycles. The van der Waals surface area contributed by atoms with Crippen molar-refractivity contribution in [2.45, 2.75) is 20.4 Å². The number of esters is 1. The minimum atomic E-state index is -0.422. The normalized spacial score (nSPS) is 14.8. The van der Waals surface area contributed by atoms with Crippen molar-refractivity contribution >= 4 is 12.2 Å². The van der Waals surface area contributed by atoms with Crippen molar-refractivity contribution in [2.75, 3.05) is 39.5 Å². The predicted octanol–water partition coefficient (Wildman–Crippen LogP) is 1.63. The smallest absolute Gasteiger partial charge is 0.340 e. The molecule has 0 radical (unpaired) electrons. The van der Waals surface area contributed by atoms with Gasteiger partial charge in [0.1, 0.15) is 5.69 Å². The highest BCUT2D eigenvalue weighted by Crippen LogP contribution is 2.26. The van der Waals surface area contributed by atoms with Gasteiger partial charge in [0, 0.05) is 37.6 Å². The van der Waals surface area contributed by atoms with E-state index in [1.54, 1.807) is 29.8 Å². The van der Waals surface area contributed by atoms with Crippen molar-refractivity contribution in [2.24, 2.45) is 0 Å². The average molecular weight is 386 g/mol. The van der Waals surface area contributed by atoms with E-state index in [4.69, 9.17) is 9.47 Å². The van der Waals surface area contributed by atoms with Gasteiger partial charge in [0.2, 0.25) is 0 Å². The summed E-state index contributed by atoms with van der Waals surface area (Å²) < 4.78 is 13.8. The van der Waals surface area contributed by atoms with Crippen LogP contribution in [0.1, 0.15) is 23.0 Å². The van der Waals surface area contributed by atoms with E-state index in [0.29, 0.717) is 43.3 Å². The van der Waals surface area contributed by atoms with Crippen LogP contribution in [0.2, 0.25) is 0 Å². The van der Waals surface area contributed by atoms with Gasteiger partial charge in [-0.1, -0.05) is 6.58 Å². The third kappa shape index (κ3) is 4.23. The standard InChI is InChI=1S/C20H26N4O4/c1-4-23-15(3)14-16(20(26)28-5-2)19(23)17-6-7-18(25)24(21-17)9-8-22-10-12-27-13-11-22/h4,6-7,14H,1,5,8-13H2,2-3H3. The summed E-state index contributed by atoms with van der Waals surface area (Å²) in [6.45, 7) is 12.0. The van der Waals surface area contributed by atoms with Crippen molar-refractivity contribution < 1.29 is 14.3 Å². The number of carbonyl (C=O) groups excluding carboxylic acids is 1. The van der Waals surface area contributed by atoms with Gasteiger partial charge in [-0.3, -0.25) is 9.69 Å². The van der Waals surface area contributed by atoms with Crippen LogP contribution < -0.4 is 5.56 Å². The molecule has 0 saturated carbocycles. The van der Waals surface area contributed by atoms with Crippen molar-refractivity contribution in [3.8, 4) is 11.4 Å². The molecule has 3 heterocycles. The molecule has 3 rings (SSSR count). The molecule has 0 aromatic carbocycles. The van der Waals surface area contributed by atoms with Crippen LogP contribution in [0.4, 0.5) is 0 Å². The number of aryl methyl sites for hydroxylation is 1. The highest BCUT2D eigenvalue weighted by molar-refractivity contribution is 5.97. The van der Waals surface area contributed by atoms with Gasteiger partial charge >= 0.3 is 5.97 Å². The maximum Gasteiger partial charge on any atom is 0.340 e. The van der Waals surface area contributed by atoms with E-state index >= 15 is 0 Å². The molecule has 8 nitrogen and oxygen atoms in total. The maximum atomic E-state index is 12.4. The molecule has 0 spiro atoms. The Morgan fingerprint density at radius 2 is 2.07 bits per heavy atom. The zero-order valence-electron chi connectivity index (χ0n) is 16.4. The number of rotatable bonds is 7. The lowest BCUT2D eigenvalue weighted by Crippen LogP contribution is -2.39. The molecule has 1 aliphatic rings. The SMILES string of the molecule is C=Cn1c(C)cc(C(=O)OCC)c1-c1ccc(=O)n(CCN2CCOCC2)n1. The maximum absolute atomic E-state index is 12.4. The fourth-order valence-electron chi connectivity index (χ4n) is 3.31. The molecule has 28 heavy (non-hydrogen) atoms. The fraction of sp³-hybridized carbons (Fsp3) is 0.450. The second-order valence-corrected chi connectivity index (χ2v) is 6.56. The molecule has 0 atom stereocenters. The predicted molar refractivity (Wildman–Crippen MR) is 106 cm³/mol. The number of hydrogen-bond acceptors (Lipinski definition) is 6. The van der Waals surface area contributed by atoms with Gasteiger partial charge in [-0.05, 0) is 26.0 Å². The van der Waals surface area contributed by atoms with Crippen molar-refractivity contribution in [1.82, 2.24) is 19.2 Å². The lowest BCUT2D eigenvalue weighted by atomic mass is 10.2. The van der Waals surface area contributed by atoms with Gasteiger partial charge in [0.25, 0.3) is 5.56 Å². The van der Waals surface area contributed by atoms with E-state index in [1.165, 1.54) is 10.7 Å². The van der Waals surface area contributed by atoms with E-state index < -0.39 is 5.97 Å². The van der Waals surface area contributed by atoms with Crippen LogP contribution in [-0.2, 0) is 16.0 Å². The molecule has 1 fully saturated rings. The molecule has 2 aromatic heterocycles. The quantitative estimate of drug-likeness (QED) is 0.673. The summed E-state index contributed by atoms with van der Waals surface area (Å²) in [6.07, 6.45) is 1.62. The first-order chi connectivity index (χ1) is 13.5. The largest absolute Gasteiger partial charge is 0.462 e. The third-order valence-corrected chi connectivity index (χ3v) is 4.75. The molecule has 0 unspecified atom stereocenters. The van der Waals surface area contributed by atoms with Crippen molar-refractivity contribution in [3.05, 3.63) is 46.4 Å². The van der Waals surface area contributed by atoms with Crippen LogP contribution in [0.3, 0.4) is 0 Å². The molecule has 150 valence electrons. The molecule has 0 bridgehead atoms. The molecule has 0 aliphatic carbocycles. The fourth-order valence-corrected chi connectivity index (χ4v) is 3.31. The summed E-state index contributed by atoms with van der Waals surface area (Å²) in [4.78, 5) is 27.0. The Balaban J connectivity index is 1.94.